The number of hydrogen-bond acceptors (Lipinski definition) is 13. The van der Waals surface area contributed by atoms with Gasteiger partial charge in [-0.2, -0.15) is 0 Å². The Labute approximate surface area is 428 Å². The lowest BCUT2D eigenvalue weighted by molar-refractivity contribution is -0.147. The van der Waals surface area contributed by atoms with Crippen LogP contribution in [0.4, 0.5) is 34.4 Å². The second-order valence-electron chi connectivity index (χ2n) is 19.3. The zero-order valence-corrected chi connectivity index (χ0v) is 43.5. The Balaban J connectivity index is 0.000000194. The summed E-state index contributed by atoms with van der Waals surface area (Å²) in [4.78, 5) is 66.4. The number of carboxylic acids is 1. The maximum Gasteiger partial charge on any atom is 0.394 e. The molecule has 71 heavy (non-hydrogen) atoms. The van der Waals surface area contributed by atoms with Crippen molar-refractivity contribution >= 4 is 81.3 Å². The van der Waals surface area contributed by atoms with Gasteiger partial charge in [-0.25, -0.2) is 14.8 Å². The molecule has 0 bridgehead atoms. The van der Waals surface area contributed by atoms with E-state index in [1.54, 1.807) is 17.0 Å². The zero-order chi connectivity index (χ0) is 51.4. The molecule has 6 heterocycles. The Morgan fingerprint density at radius 2 is 1.15 bits per heavy atom. The summed E-state index contributed by atoms with van der Waals surface area (Å²) in [5.41, 5.74) is 18.3. The van der Waals surface area contributed by atoms with Gasteiger partial charge in [-0.3, -0.25) is 14.4 Å². The van der Waals surface area contributed by atoms with Crippen molar-refractivity contribution in [2.75, 3.05) is 111 Å². The fourth-order valence-corrected chi connectivity index (χ4v) is 9.95. The molecule has 0 saturated carbocycles. The second kappa shape index (κ2) is 25.6. The Hall–Kier alpha value is -5.72. The van der Waals surface area contributed by atoms with E-state index >= 15 is 0 Å². The van der Waals surface area contributed by atoms with Crippen LogP contribution in [0.25, 0.3) is 0 Å². The first-order valence-electron chi connectivity index (χ1n) is 24.8. The van der Waals surface area contributed by atoms with Crippen LogP contribution >= 0.6 is 23.2 Å². The number of hydrogen-bond donors (Lipinski definition) is 6. The summed E-state index contributed by atoms with van der Waals surface area (Å²) < 4.78 is 0. The molecule has 3 amide bonds. The van der Waals surface area contributed by atoms with Crippen molar-refractivity contribution in [3.8, 4) is 0 Å². The molecule has 8 rings (SSSR count). The summed E-state index contributed by atoms with van der Waals surface area (Å²) in [6, 6.07) is 16.3. The summed E-state index contributed by atoms with van der Waals surface area (Å²) in [6.45, 7) is 18.1. The van der Waals surface area contributed by atoms with Crippen molar-refractivity contribution in [1.29, 1.82) is 0 Å². The number of halogens is 2. The van der Waals surface area contributed by atoms with Crippen molar-refractivity contribution in [2.45, 2.75) is 78.3 Å². The highest BCUT2D eigenvalue weighted by Gasteiger charge is 2.35. The first kappa shape index (κ1) is 54.6. The smallest absolute Gasteiger partial charge is 0.394 e. The van der Waals surface area contributed by atoms with Gasteiger partial charge in [0, 0.05) is 64.9 Å². The van der Waals surface area contributed by atoms with E-state index in [0.29, 0.717) is 59.4 Å². The van der Waals surface area contributed by atoms with Crippen molar-refractivity contribution < 1.29 is 24.3 Å². The molecule has 8 N–H and O–H groups in total. The number of nitrogen functional groups attached to an aromatic ring is 2. The first-order valence-corrected chi connectivity index (χ1v) is 25.5. The SMILES string of the molecule is CC1CCC(c2ccc(N3CCN(C)CC3)c(Cl)c2)NC1.CCc1cc(NC(=O)C(=O)N2C[C@H](C)CC[C@H]2c2ccc(N3CCN(C)CC3)c(Cl)c2)cnc1N.CCc1cc(NC(=O)C(=O)O)cnc1N. The number of aromatic nitrogens is 2. The summed E-state index contributed by atoms with van der Waals surface area (Å²) in [7, 11) is 4.30. The predicted octanol–water partition coefficient (Wildman–Crippen LogP) is 6.97. The van der Waals surface area contributed by atoms with Crippen LogP contribution in [0, 0.1) is 11.8 Å². The zero-order valence-electron chi connectivity index (χ0n) is 42.0. The van der Waals surface area contributed by atoms with Crippen LogP contribution < -0.4 is 37.2 Å². The highest BCUT2D eigenvalue weighted by molar-refractivity contribution is 6.39. The Morgan fingerprint density at radius 3 is 1.62 bits per heavy atom. The monoisotopic (exact) mass is 1010 g/mol. The lowest BCUT2D eigenvalue weighted by Crippen LogP contribution is -2.46. The molecule has 2 aromatic heterocycles. The fourth-order valence-electron chi connectivity index (χ4n) is 9.33. The number of aliphatic carboxylic acids is 1. The lowest BCUT2D eigenvalue weighted by atomic mass is 9.89. The number of anilines is 6. The molecule has 4 aromatic rings. The minimum absolute atomic E-state index is 0.195. The number of aryl methyl sites for hydroxylation is 2. The van der Waals surface area contributed by atoms with Gasteiger partial charge < -0.3 is 57.0 Å². The van der Waals surface area contributed by atoms with Crippen LogP contribution in [0.5, 0.6) is 0 Å². The lowest BCUT2D eigenvalue weighted by Gasteiger charge is -2.39. The van der Waals surface area contributed by atoms with E-state index in [2.05, 4.69) is 104 Å². The van der Waals surface area contributed by atoms with Crippen LogP contribution in [0.1, 0.15) is 87.7 Å². The van der Waals surface area contributed by atoms with Gasteiger partial charge in [-0.05, 0) is 130 Å². The average Bonchev–Trinajstić information content (AvgIpc) is 3.36. The van der Waals surface area contributed by atoms with E-state index in [1.807, 2.05) is 19.9 Å². The third-order valence-corrected chi connectivity index (χ3v) is 14.4. The maximum absolute atomic E-state index is 13.3. The molecule has 17 nitrogen and oxygen atoms in total. The second-order valence-corrected chi connectivity index (χ2v) is 20.1. The molecular formula is C52H72Cl2N12O5. The number of pyridine rings is 2. The molecule has 2 aromatic carbocycles. The Morgan fingerprint density at radius 1 is 0.676 bits per heavy atom. The number of piperidine rings is 2. The highest BCUT2D eigenvalue weighted by Crippen LogP contribution is 2.38. The van der Waals surface area contributed by atoms with Crippen molar-refractivity contribution in [1.82, 2.24) is 30.0 Å². The number of rotatable bonds is 8. The standard InChI is InChI=1S/C26H35ClN6O2.C17H26ClN3.C9H11N3O3/c1-4-18-13-20(15-29-24(18)28)30-25(34)26(35)33-16-17(2)5-7-22(33)19-6-8-23(21(27)14-19)32-11-9-31(3)10-12-32;1-13-3-5-16(19-12-13)14-4-6-17(15(18)11-14)21-9-7-20(2)8-10-21;1-2-5-3-6(4-11-7(5)10)12-8(13)9(14)15/h6,8,13-15,17,22H,4-5,7,9-12,16H2,1-3H3,(H2,28,29)(H,30,34);4,6,11,13,16,19H,3,5,7-10,12H2,1-2H3;3-4H,2H2,1H3,(H2,10,11)(H,12,13)(H,14,15)/t17-,22+;;/m1../s1. The molecule has 0 aliphatic carbocycles. The van der Waals surface area contributed by atoms with Gasteiger partial charge >= 0.3 is 23.7 Å². The summed E-state index contributed by atoms with van der Waals surface area (Å²) in [6.07, 6.45) is 8.43. The number of nitrogens with two attached hydrogens (primary N) is 2. The van der Waals surface area contributed by atoms with Gasteiger partial charge in [0.1, 0.15) is 11.6 Å². The van der Waals surface area contributed by atoms with Gasteiger partial charge in [-0.15, -0.1) is 0 Å². The maximum atomic E-state index is 13.3. The topological polar surface area (TPSA) is 219 Å². The van der Waals surface area contributed by atoms with E-state index in [4.69, 9.17) is 39.8 Å². The molecule has 4 atom stereocenters. The summed E-state index contributed by atoms with van der Waals surface area (Å²) >= 11 is 13.3. The quantitative estimate of drug-likeness (QED) is 0.0983. The van der Waals surface area contributed by atoms with E-state index in [0.717, 1.165) is 105 Å². The summed E-state index contributed by atoms with van der Waals surface area (Å²) in [5, 5.41) is 18.5. The van der Waals surface area contributed by atoms with Gasteiger partial charge in [-0.1, -0.05) is 63.0 Å². The average molecular weight is 1020 g/mol. The summed E-state index contributed by atoms with van der Waals surface area (Å²) in [5.74, 6) is -1.93. The number of nitrogens with zero attached hydrogens (tertiary/aromatic N) is 7. The van der Waals surface area contributed by atoms with E-state index in [-0.39, 0.29) is 6.04 Å². The number of nitrogens with one attached hydrogen (secondary N) is 3. The molecule has 384 valence electrons. The Bertz CT molecular complexity index is 2470. The number of carbonyl (C=O) groups excluding carboxylic acids is 3. The molecule has 0 radical (unpaired) electrons. The van der Waals surface area contributed by atoms with Gasteiger partial charge in [0.2, 0.25) is 0 Å². The van der Waals surface area contributed by atoms with Crippen LogP contribution in [-0.2, 0) is 32.0 Å². The minimum atomic E-state index is -1.54. The predicted molar refractivity (Wildman–Crippen MR) is 285 cm³/mol. The van der Waals surface area contributed by atoms with Crippen molar-refractivity contribution in [3.63, 3.8) is 0 Å². The minimum Gasteiger partial charge on any atom is -0.474 e. The largest absolute Gasteiger partial charge is 0.474 e. The number of amides is 3. The Kier molecular flexibility index (Phi) is 19.7. The molecule has 4 fully saturated rings. The number of benzene rings is 2. The van der Waals surface area contributed by atoms with Crippen molar-refractivity contribution in [3.05, 3.63) is 93.2 Å². The van der Waals surface area contributed by atoms with Crippen LogP contribution in [0.15, 0.2) is 60.9 Å². The van der Waals surface area contributed by atoms with Gasteiger partial charge in [0.15, 0.2) is 0 Å². The normalized spacial score (nSPS) is 20.7. The molecule has 4 saturated heterocycles. The van der Waals surface area contributed by atoms with Gasteiger partial charge in [0.25, 0.3) is 0 Å². The number of likely N-dealkylation sites (tertiary alicyclic amines) is 1. The van der Waals surface area contributed by atoms with Crippen LogP contribution in [-0.4, -0.2) is 133 Å². The van der Waals surface area contributed by atoms with Gasteiger partial charge in [0.05, 0.1) is 51.2 Å². The molecule has 19 heteroatoms. The third-order valence-electron chi connectivity index (χ3n) is 13.8. The number of piperazine rings is 2. The highest BCUT2D eigenvalue weighted by atomic mass is 35.5. The molecule has 4 aliphatic heterocycles. The number of likely N-dealkylation sites (N-methyl/N-ethyl adjacent to an activating group) is 2. The molecule has 0 spiro atoms. The fraction of sp³-hybridized carbons (Fsp3) is 0.500. The molecule has 4 aliphatic rings. The van der Waals surface area contributed by atoms with Crippen LogP contribution in [0.3, 0.4) is 0 Å². The van der Waals surface area contributed by atoms with Crippen molar-refractivity contribution in [2.24, 2.45) is 11.8 Å². The van der Waals surface area contributed by atoms with E-state index in [1.165, 1.54) is 36.5 Å². The van der Waals surface area contributed by atoms with E-state index < -0.39 is 23.7 Å². The molecular weight excluding hydrogens is 944 g/mol. The van der Waals surface area contributed by atoms with E-state index in [9.17, 15) is 19.2 Å². The third kappa shape index (κ3) is 14.9. The first-order chi connectivity index (χ1) is 33.9. The number of carboxylic acid groups (broad SMARTS) is 1. The number of carbonyl (C=O) groups is 4. The van der Waals surface area contributed by atoms with Crippen LogP contribution in [0.2, 0.25) is 10.0 Å². The molecule has 2 unspecified atom stereocenters.